The Kier molecular flexibility index (Phi) is 50.5. The fraction of sp³-hybridized carbons (Fsp3) is 0. The fourth-order valence-electron chi connectivity index (χ4n) is 0. The summed E-state index contributed by atoms with van der Waals surface area (Å²) in [5, 5.41) is 0. The van der Waals surface area contributed by atoms with Gasteiger partial charge >= 0.3 is 0 Å². The summed E-state index contributed by atoms with van der Waals surface area (Å²) in [6.45, 7) is 0. The van der Waals surface area contributed by atoms with Crippen LogP contribution >= 0.6 is 32.5 Å². The molecule has 0 aromatic heterocycles. The summed E-state index contributed by atoms with van der Waals surface area (Å²) in [6.07, 6.45) is 0. The summed E-state index contributed by atoms with van der Waals surface area (Å²) in [4.78, 5) is 0. The molecule has 0 atom stereocenters. The van der Waals surface area contributed by atoms with Gasteiger partial charge < -0.3 is 0 Å². The van der Waals surface area contributed by atoms with Crippen LogP contribution in [0, 0.1) is 0 Å². The third kappa shape index (κ3) is 21.4. The van der Waals surface area contributed by atoms with E-state index in [2.05, 4.69) is 35.4 Å². The van der Waals surface area contributed by atoms with E-state index in [1.165, 1.54) is 0 Å². The summed E-state index contributed by atoms with van der Waals surface area (Å²) < 4.78 is 3.88. The molecule has 0 amide bonds. The molecule has 0 fully saturated rings. The molecular weight excluding hydrogens is 450 g/mol. The minimum atomic E-state index is 0. The van der Waals surface area contributed by atoms with Crippen LogP contribution in [0.5, 0.6) is 0 Å². The molecule has 0 aliphatic heterocycles. The second-order valence-electron chi connectivity index (χ2n) is 0.0583. The minimum Gasteiger partial charge on any atom is -0.230 e. The van der Waals surface area contributed by atoms with E-state index in [0.29, 0.717) is 0 Å². The zero-order valence-corrected chi connectivity index (χ0v) is 11.9. The van der Waals surface area contributed by atoms with E-state index in [1.807, 2.05) is 0 Å². The standard InChI is InChI=1S/Bi.Br2O.Zn/c;1-3-2;. The summed E-state index contributed by atoms with van der Waals surface area (Å²) in [6, 6.07) is 0. The molecule has 0 saturated heterocycles. The van der Waals surface area contributed by atoms with Gasteiger partial charge in [0.05, 0.1) is 0 Å². The van der Waals surface area contributed by atoms with Crippen LogP contribution in [-0.4, -0.2) is 26.2 Å². The maximum absolute atomic E-state index is 3.88. The predicted molar refractivity (Wildman–Crippen MR) is 24.7 cm³/mol. The average molecular weight is 450 g/mol. The van der Waals surface area contributed by atoms with E-state index in [9.17, 15) is 0 Å². The van der Waals surface area contributed by atoms with Crippen molar-refractivity contribution in [3.8, 4) is 0 Å². The van der Waals surface area contributed by atoms with Crippen molar-refractivity contribution in [3.05, 3.63) is 0 Å². The van der Waals surface area contributed by atoms with Gasteiger partial charge in [-0.05, 0) is 0 Å². The zero-order valence-electron chi connectivity index (χ0n) is 2.32. The first-order valence-electron chi connectivity index (χ1n) is 0.309. The topological polar surface area (TPSA) is 9.23 Å². The van der Waals surface area contributed by atoms with Crippen LogP contribution in [0.4, 0.5) is 0 Å². The van der Waals surface area contributed by atoms with Gasteiger partial charge in [-0.3, -0.25) is 0 Å². The van der Waals surface area contributed by atoms with Crippen LogP contribution in [0.15, 0.2) is 0 Å². The number of hydrogen-bond donors (Lipinski definition) is 0. The van der Waals surface area contributed by atoms with Crippen molar-refractivity contribution < 1.29 is 22.4 Å². The molecule has 27 valence electrons. The average Bonchev–Trinajstić information content (AvgIpc) is 0.918. The molecule has 0 spiro atoms. The van der Waals surface area contributed by atoms with Crippen LogP contribution in [0.1, 0.15) is 0 Å². The molecule has 0 bridgehead atoms. The first-order valence-corrected chi connectivity index (χ1v) is 1.60. The van der Waals surface area contributed by atoms with E-state index < -0.39 is 0 Å². The number of rotatable bonds is 0. The molecule has 0 unspecified atom stereocenters. The Morgan fingerprint density at radius 3 is 1.20 bits per heavy atom. The molecule has 0 aromatic carbocycles. The van der Waals surface area contributed by atoms with E-state index >= 15 is 0 Å². The number of halogens is 2. The molecule has 0 aromatic rings. The quantitative estimate of drug-likeness (QED) is 0.505. The Morgan fingerprint density at radius 1 is 1.20 bits per heavy atom. The Labute approximate surface area is 80.0 Å². The second-order valence-corrected chi connectivity index (χ2v) is 1.57. The minimum absolute atomic E-state index is 0. The second kappa shape index (κ2) is 16.1. The molecule has 0 rings (SSSR count). The molecule has 1 nitrogen and oxygen atoms in total. The van der Waals surface area contributed by atoms with Gasteiger partial charge in [0.1, 0.15) is 32.5 Å². The maximum Gasteiger partial charge on any atom is 0.115 e. The fourth-order valence-corrected chi connectivity index (χ4v) is 0. The van der Waals surface area contributed by atoms with Crippen molar-refractivity contribution in [1.82, 2.24) is 0 Å². The van der Waals surface area contributed by atoms with Crippen LogP contribution in [-0.2, 0) is 22.4 Å². The van der Waals surface area contributed by atoms with Gasteiger partial charge in [-0.25, -0.2) is 2.92 Å². The van der Waals surface area contributed by atoms with Gasteiger partial charge in [-0.15, -0.1) is 0 Å². The molecular formula is BiBr2OZn. The Morgan fingerprint density at radius 2 is 1.20 bits per heavy atom. The molecule has 0 N–H and O–H groups in total. The van der Waals surface area contributed by atoms with Crippen molar-refractivity contribution in [2.75, 3.05) is 0 Å². The van der Waals surface area contributed by atoms with Gasteiger partial charge in [0, 0.05) is 45.7 Å². The Balaban J connectivity index is -0.0000000200. The first kappa shape index (κ1) is 15.7. The van der Waals surface area contributed by atoms with Crippen molar-refractivity contribution in [1.29, 1.82) is 0 Å². The zero-order chi connectivity index (χ0) is 2.71. The Hall–Kier alpha value is 2.43. The van der Waals surface area contributed by atoms with Crippen LogP contribution in [0.25, 0.3) is 0 Å². The van der Waals surface area contributed by atoms with Gasteiger partial charge in [-0.2, -0.15) is 0 Å². The smallest absolute Gasteiger partial charge is 0.115 e. The molecule has 3 radical (unpaired) electrons. The van der Waals surface area contributed by atoms with Crippen LogP contribution in [0.3, 0.4) is 0 Å². The van der Waals surface area contributed by atoms with Gasteiger partial charge in [0.15, 0.2) is 0 Å². The largest absolute Gasteiger partial charge is 0.230 e. The molecule has 0 heterocycles. The summed E-state index contributed by atoms with van der Waals surface area (Å²) in [5.74, 6) is 0. The normalized spacial score (nSPS) is 3.60. The van der Waals surface area contributed by atoms with Crippen LogP contribution < -0.4 is 0 Å². The Bertz CT molecular complexity index is 9.61. The van der Waals surface area contributed by atoms with Crippen LogP contribution in [0.2, 0.25) is 0 Å². The third-order valence-corrected chi connectivity index (χ3v) is 0. The van der Waals surface area contributed by atoms with Crippen molar-refractivity contribution >= 4 is 58.7 Å². The van der Waals surface area contributed by atoms with Gasteiger partial charge in [0.2, 0.25) is 0 Å². The van der Waals surface area contributed by atoms with Gasteiger partial charge in [-0.1, -0.05) is 0 Å². The summed E-state index contributed by atoms with van der Waals surface area (Å²) in [7, 11) is 0. The van der Waals surface area contributed by atoms with E-state index in [1.54, 1.807) is 0 Å². The SMILES string of the molecule is BrOBr.[Bi].[Zn]. The van der Waals surface area contributed by atoms with Crippen molar-refractivity contribution in [2.45, 2.75) is 0 Å². The molecule has 0 saturated carbocycles. The maximum atomic E-state index is 3.88. The van der Waals surface area contributed by atoms with E-state index in [0.717, 1.165) is 0 Å². The monoisotopic (exact) mass is 447 g/mol. The van der Waals surface area contributed by atoms with Gasteiger partial charge in [0.25, 0.3) is 0 Å². The van der Waals surface area contributed by atoms with Crippen molar-refractivity contribution in [2.24, 2.45) is 0 Å². The van der Waals surface area contributed by atoms with Crippen molar-refractivity contribution in [3.63, 3.8) is 0 Å². The third-order valence-electron chi connectivity index (χ3n) is 0. The predicted octanol–water partition coefficient (Wildman–Crippen LogP) is 1.24. The number of hydrogen-bond acceptors (Lipinski definition) is 1. The molecule has 5 heavy (non-hydrogen) atoms. The van der Waals surface area contributed by atoms with E-state index in [4.69, 9.17) is 0 Å². The molecule has 0 aliphatic carbocycles. The molecule has 0 aliphatic rings. The molecule has 5 heteroatoms. The first-order chi connectivity index (χ1) is 1.41. The summed E-state index contributed by atoms with van der Waals surface area (Å²) >= 11 is 5.12. The van der Waals surface area contributed by atoms with E-state index in [-0.39, 0.29) is 45.7 Å². The summed E-state index contributed by atoms with van der Waals surface area (Å²) in [5.41, 5.74) is 0.